The fraction of sp³-hybridized carbons (Fsp3) is 0.643. The molecule has 0 saturated carbocycles. The number of benzene rings is 1. The number of imide groups is 1. The zero-order valence-electron chi connectivity index (χ0n) is 23.3. The minimum absolute atomic E-state index is 0.228. The van der Waals surface area contributed by atoms with Gasteiger partial charge in [0.2, 0.25) is 11.8 Å². The summed E-state index contributed by atoms with van der Waals surface area (Å²) in [5.74, 6) is -0.406. The number of carbonyl (C=O) groups excluding carboxylic acids is 4. The fourth-order valence-corrected chi connectivity index (χ4v) is 5.27. The van der Waals surface area contributed by atoms with Crippen molar-refractivity contribution in [3.8, 4) is 0 Å². The number of amides is 4. The van der Waals surface area contributed by atoms with E-state index in [2.05, 4.69) is 25.9 Å². The lowest BCUT2D eigenvalue weighted by Crippen LogP contribution is -2.52. The summed E-state index contributed by atoms with van der Waals surface area (Å²) in [6.07, 6.45) is 3.42. The number of rotatable bonds is 7. The van der Waals surface area contributed by atoms with E-state index in [4.69, 9.17) is 4.74 Å². The Bertz CT molecular complexity index is 1040. The van der Waals surface area contributed by atoms with E-state index in [-0.39, 0.29) is 24.3 Å². The summed E-state index contributed by atoms with van der Waals surface area (Å²) in [5, 5.41) is 6.98. The Morgan fingerprint density at radius 1 is 1.03 bits per heavy atom. The van der Waals surface area contributed by atoms with Crippen molar-refractivity contribution in [3.63, 3.8) is 0 Å². The lowest BCUT2D eigenvalue weighted by atomic mass is 9.94. The van der Waals surface area contributed by atoms with Gasteiger partial charge in [-0.05, 0) is 77.1 Å². The highest BCUT2D eigenvalue weighted by Gasteiger charge is 2.29. The Labute approximate surface area is 230 Å². The van der Waals surface area contributed by atoms with Crippen LogP contribution in [0.5, 0.6) is 0 Å². The van der Waals surface area contributed by atoms with Gasteiger partial charge in [0.25, 0.3) is 5.91 Å². The minimum atomic E-state index is -0.684. The van der Waals surface area contributed by atoms with Crippen molar-refractivity contribution in [2.75, 3.05) is 50.7 Å². The van der Waals surface area contributed by atoms with Crippen LogP contribution in [0.3, 0.4) is 0 Å². The first kappa shape index (κ1) is 28.8. The maximum Gasteiger partial charge on any atom is 0.422 e. The number of piperazine rings is 1. The number of nitrogens with zero attached hydrogens (tertiary/aromatic N) is 3. The number of hydrogen-bond acceptors (Lipinski definition) is 8. The molecule has 214 valence electrons. The van der Waals surface area contributed by atoms with E-state index in [9.17, 15) is 19.2 Å². The second-order valence-corrected chi connectivity index (χ2v) is 11.7. The molecule has 1 aromatic carbocycles. The topological polar surface area (TPSA) is 123 Å². The number of carbonyl (C=O) groups is 4. The predicted molar refractivity (Wildman–Crippen MR) is 147 cm³/mol. The van der Waals surface area contributed by atoms with Crippen molar-refractivity contribution in [1.82, 2.24) is 26.0 Å². The summed E-state index contributed by atoms with van der Waals surface area (Å²) in [6.45, 7) is 12.0. The van der Waals surface area contributed by atoms with E-state index in [1.165, 1.54) is 0 Å². The average Bonchev–Trinajstić information content (AvgIpc) is 2.89. The number of hydrogen-bond donors (Lipinski definition) is 3. The summed E-state index contributed by atoms with van der Waals surface area (Å²) in [4.78, 5) is 52.9. The molecule has 0 spiro atoms. The van der Waals surface area contributed by atoms with Gasteiger partial charge in [0.1, 0.15) is 11.6 Å². The van der Waals surface area contributed by atoms with Crippen LogP contribution in [0.2, 0.25) is 0 Å². The first-order valence-corrected chi connectivity index (χ1v) is 14.0. The number of anilines is 1. The molecule has 3 saturated heterocycles. The van der Waals surface area contributed by atoms with Crippen molar-refractivity contribution in [2.45, 2.75) is 64.5 Å². The van der Waals surface area contributed by atoms with Gasteiger partial charge in [-0.1, -0.05) is 6.07 Å². The molecule has 4 rings (SSSR count). The molecule has 3 fully saturated rings. The molecule has 1 unspecified atom stereocenters. The van der Waals surface area contributed by atoms with E-state index >= 15 is 0 Å². The lowest BCUT2D eigenvalue weighted by Gasteiger charge is -2.37. The molecule has 1 aromatic rings. The van der Waals surface area contributed by atoms with Crippen LogP contribution < -0.4 is 21.0 Å². The summed E-state index contributed by atoms with van der Waals surface area (Å²) < 4.78 is 5.34. The maximum atomic E-state index is 12.8. The first-order chi connectivity index (χ1) is 18.6. The van der Waals surface area contributed by atoms with Gasteiger partial charge in [-0.15, -0.1) is 0 Å². The molecule has 11 heteroatoms. The largest absolute Gasteiger partial charge is 0.443 e. The predicted octanol–water partition coefficient (Wildman–Crippen LogP) is 1.89. The number of hydrazine groups is 1. The molecule has 0 aromatic heterocycles. The smallest absolute Gasteiger partial charge is 0.422 e. The molecule has 3 aliphatic heterocycles. The molecule has 0 aliphatic carbocycles. The van der Waals surface area contributed by atoms with E-state index < -0.39 is 17.6 Å². The lowest BCUT2D eigenvalue weighted by molar-refractivity contribution is -0.134. The normalized spacial score (nSPS) is 21.8. The number of ether oxygens (including phenoxy) is 1. The van der Waals surface area contributed by atoms with Gasteiger partial charge in [-0.3, -0.25) is 30.0 Å². The highest BCUT2D eigenvalue weighted by molar-refractivity contribution is 6.04. The monoisotopic (exact) mass is 542 g/mol. The van der Waals surface area contributed by atoms with E-state index in [1.54, 1.807) is 6.07 Å². The van der Waals surface area contributed by atoms with Gasteiger partial charge in [0, 0.05) is 56.9 Å². The standard InChI is InChI=1S/C28H42N6O5/c1-28(2,3)39-27(38)31-34-13-10-20(11-14-34)9-12-32-15-17-33(18-16-32)22-6-4-5-21(19-22)25(36)29-23-7-8-24(35)30-26(23)37/h4-6,19-20,23H,7-18H2,1-3H3,(H,29,36)(H,31,38)(H,30,35,37). The summed E-state index contributed by atoms with van der Waals surface area (Å²) in [5.41, 5.74) is 3.86. The Morgan fingerprint density at radius 3 is 2.41 bits per heavy atom. The Balaban J connectivity index is 1.16. The first-order valence-electron chi connectivity index (χ1n) is 14.0. The summed E-state index contributed by atoms with van der Waals surface area (Å²) >= 11 is 0. The molecule has 3 heterocycles. The van der Waals surface area contributed by atoms with Crippen molar-refractivity contribution < 1.29 is 23.9 Å². The molecule has 0 bridgehead atoms. The van der Waals surface area contributed by atoms with Crippen molar-refractivity contribution >= 4 is 29.5 Å². The molecule has 1 atom stereocenters. The molecule has 39 heavy (non-hydrogen) atoms. The average molecular weight is 543 g/mol. The van der Waals surface area contributed by atoms with Crippen LogP contribution in [0, 0.1) is 5.92 Å². The minimum Gasteiger partial charge on any atom is -0.443 e. The third-order valence-corrected chi connectivity index (χ3v) is 7.51. The summed E-state index contributed by atoms with van der Waals surface area (Å²) in [6, 6.07) is 6.81. The van der Waals surface area contributed by atoms with Gasteiger partial charge < -0.3 is 15.0 Å². The number of piperidine rings is 2. The maximum absolute atomic E-state index is 12.8. The molecular formula is C28H42N6O5. The second kappa shape index (κ2) is 12.8. The van der Waals surface area contributed by atoms with E-state index in [0.29, 0.717) is 17.9 Å². The molecule has 3 aliphatic rings. The highest BCUT2D eigenvalue weighted by Crippen LogP contribution is 2.22. The van der Waals surface area contributed by atoms with E-state index in [1.807, 2.05) is 44.0 Å². The van der Waals surface area contributed by atoms with Crippen LogP contribution in [0.25, 0.3) is 0 Å². The van der Waals surface area contributed by atoms with Crippen LogP contribution >= 0.6 is 0 Å². The Kier molecular flexibility index (Phi) is 9.45. The van der Waals surface area contributed by atoms with Gasteiger partial charge in [0.05, 0.1) is 0 Å². The molecule has 3 N–H and O–H groups in total. The third kappa shape index (κ3) is 8.66. The van der Waals surface area contributed by atoms with E-state index in [0.717, 1.165) is 70.8 Å². The molecular weight excluding hydrogens is 500 g/mol. The third-order valence-electron chi connectivity index (χ3n) is 7.51. The van der Waals surface area contributed by atoms with Crippen molar-refractivity contribution in [3.05, 3.63) is 29.8 Å². The molecule has 0 radical (unpaired) electrons. The SMILES string of the molecule is CC(C)(C)OC(=O)NN1CCC(CCN2CCN(c3cccc(C(=O)NC4CCC(=O)NC4=O)c3)CC2)CC1. The van der Waals surface area contributed by atoms with Crippen LogP contribution in [0.15, 0.2) is 24.3 Å². The van der Waals surface area contributed by atoms with Crippen molar-refractivity contribution in [2.24, 2.45) is 5.92 Å². The summed E-state index contributed by atoms with van der Waals surface area (Å²) in [7, 11) is 0. The Hall–Kier alpha value is -3.18. The van der Waals surface area contributed by atoms with Gasteiger partial charge in [0.15, 0.2) is 0 Å². The van der Waals surface area contributed by atoms with Crippen LogP contribution in [0.1, 0.15) is 63.2 Å². The zero-order chi connectivity index (χ0) is 28.0. The van der Waals surface area contributed by atoms with Crippen molar-refractivity contribution in [1.29, 1.82) is 0 Å². The molecule has 4 amide bonds. The van der Waals surface area contributed by atoms with Gasteiger partial charge in [-0.2, -0.15) is 0 Å². The molecule has 11 nitrogen and oxygen atoms in total. The second-order valence-electron chi connectivity index (χ2n) is 11.7. The van der Waals surface area contributed by atoms with Crippen LogP contribution in [0.4, 0.5) is 10.5 Å². The van der Waals surface area contributed by atoms with Crippen LogP contribution in [-0.4, -0.2) is 91.2 Å². The quantitative estimate of drug-likeness (QED) is 0.447. The van der Waals surface area contributed by atoms with Crippen LogP contribution in [-0.2, 0) is 14.3 Å². The Morgan fingerprint density at radius 2 is 1.74 bits per heavy atom. The highest BCUT2D eigenvalue weighted by atomic mass is 16.6. The van der Waals surface area contributed by atoms with Gasteiger partial charge in [-0.25, -0.2) is 9.80 Å². The zero-order valence-corrected chi connectivity index (χ0v) is 23.3. The number of nitrogens with one attached hydrogen (secondary N) is 3. The van der Waals surface area contributed by atoms with Gasteiger partial charge >= 0.3 is 6.09 Å². The fourth-order valence-electron chi connectivity index (χ4n) is 5.27.